The van der Waals surface area contributed by atoms with E-state index in [1.807, 2.05) is 0 Å². The Balaban J connectivity index is 4.28. The lowest BCUT2D eigenvalue weighted by Gasteiger charge is -2.26. The fraction of sp³-hybridized carbons (Fsp3) is 1.00. The van der Waals surface area contributed by atoms with Crippen molar-refractivity contribution < 1.29 is 8.42 Å². The molecule has 6 heteroatoms. The molecule has 0 aromatic carbocycles. The van der Waals surface area contributed by atoms with E-state index in [2.05, 4.69) is 51.6 Å². The molecule has 0 aliphatic heterocycles. The number of nitrogens with one attached hydrogen (secondary N) is 2. The molecule has 5 nitrogen and oxygen atoms in total. The monoisotopic (exact) mass is 321 g/mol. The van der Waals surface area contributed by atoms with Gasteiger partial charge in [-0.2, -0.15) is 12.7 Å². The second-order valence-electron chi connectivity index (χ2n) is 6.79. The molecule has 0 aliphatic rings. The Morgan fingerprint density at radius 1 is 1.00 bits per heavy atom. The summed E-state index contributed by atoms with van der Waals surface area (Å²) in [6.45, 7) is 14.6. The van der Waals surface area contributed by atoms with E-state index in [4.69, 9.17) is 0 Å². The Kier molecular flexibility index (Phi) is 9.69. The molecular weight excluding hydrogens is 286 g/mol. The summed E-state index contributed by atoms with van der Waals surface area (Å²) in [6, 6.07) is 0.433. The summed E-state index contributed by atoms with van der Waals surface area (Å²) in [5.74, 6) is 1.29. The van der Waals surface area contributed by atoms with Gasteiger partial charge in [-0.3, -0.25) is 0 Å². The third-order valence-corrected chi connectivity index (χ3v) is 5.36. The van der Waals surface area contributed by atoms with Crippen LogP contribution in [-0.4, -0.2) is 45.4 Å². The van der Waals surface area contributed by atoms with Crippen molar-refractivity contribution in [1.29, 1.82) is 0 Å². The van der Waals surface area contributed by atoms with Gasteiger partial charge in [-0.15, -0.1) is 0 Å². The second-order valence-corrected chi connectivity index (χ2v) is 8.65. The van der Waals surface area contributed by atoms with Gasteiger partial charge in [-0.25, -0.2) is 4.72 Å². The zero-order valence-corrected chi connectivity index (χ0v) is 15.6. The Labute approximate surface area is 132 Å². The zero-order valence-electron chi connectivity index (χ0n) is 14.8. The molecule has 2 N–H and O–H groups in total. The summed E-state index contributed by atoms with van der Waals surface area (Å²) >= 11 is 0. The number of hydrogen-bond donors (Lipinski definition) is 2. The first-order valence-electron chi connectivity index (χ1n) is 8.02. The number of hydrogen-bond acceptors (Lipinski definition) is 3. The Morgan fingerprint density at radius 3 is 1.95 bits per heavy atom. The summed E-state index contributed by atoms with van der Waals surface area (Å²) in [7, 11) is -1.73. The molecule has 0 unspecified atom stereocenters. The fourth-order valence-corrected chi connectivity index (χ4v) is 3.36. The third kappa shape index (κ3) is 8.76. The van der Waals surface area contributed by atoms with Gasteiger partial charge in [-0.05, 0) is 30.7 Å². The summed E-state index contributed by atoms with van der Waals surface area (Å²) in [4.78, 5) is 0. The van der Waals surface area contributed by atoms with Crippen LogP contribution in [0.1, 0.15) is 48.0 Å². The molecule has 0 amide bonds. The van der Waals surface area contributed by atoms with Crippen molar-refractivity contribution in [3.8, 4) is 0 Å². The van der Waals surface area contributed by atoms with Crippen molar-refractivity contribution in [2.24, 2.45) is 17.8 Å². The molecule has 0 rings (SSSR count). The topological polar surface area (TPSA) is 61.4 Å². The van der Waals surface area contributed by atoms with Gasteiger partial charge in [0, 0.05) is 26.2 Å². The van der Waals surface area contributed by atoms with Crippen molar-refractivity contribution in [3.63, 3.8) is 0 Å². The van der Waals surface area contributed by atoms with E-state index >= 15 is 0 Å². The summed E-state index contributed by atoms with van der Waals surface area (Å²) in [5, 5.41) is 3.29. The highest BCUT2D eigenvalue weighted by atomic mass is 32.2. The van der Waals surface area contributed by atoms with E-state index in [0.717, 1.165) is 13.0 Å². The molecule has 0 aliphatic carbocycles. The first kappa shape index (κ1) is 20.8. The molecule has 0 aromatic heterocycles. The fourth-order valence-electron chi connectivity index (χ4n) is 2.37. The Morgan fingerprint density at radius 2 is 1.52 bits per heavy atom. The lowest BCUT2D eigenvalue weighted by Crippen LogP contribution is -2.43. The van der Waals surface area contributed by atoms with Crippen LogP contribution in [-0.2, 0) is 10.2 Å². The van der Waals surface area contributed by atoms with Gasteiger partial charge in [0.25, 0.3) is 10.2 Å². The number of rotatable bonds is 11. The van der Waals surface area contributed by atoms with Crippen LogP contribution >= 0.6 is 0 Å². The van der Waals surface area contributed by atoms with Crippen LogP contribution in [0.5, 0.6) is 0 Å². The van der Waals surface area contributed by atoms with Crippen molar-refractivity contribution in [1.82, 2.24) is 14.3 Å². The van der Waals surface area contributed by atoms with E-state index in [-0.39, 0.29) is 0 Å². The van der Waals surface area contributed by atoms with Crippen LogP contribution in [0.4, 0.5) is 0 Å². The SMILES string of the molecule is CC(C)NCCCN(C)S(=O)(=O)NCC(C(C)C)C(C)C. The average Bonchev–Trinajstić information content (AvgIpc) is 2.33. The minimum Gasteiger partial charge on any atom is -0.314 e. The van der Waals surface area contributed by atoms with Crippen molar-refractivity contribution in [2.45, 2.75) is 54.0 Å². The predicted octanol–water partition coefficient (Wildman–Crippen LogP) is 2.07. The van der Waals surface area contributed by atoms with E-state index in [9.17, 15) is 8.42 Å². The van der Waals surface area contributed by atoms with Gasteiger partial charge in [-0.1, -0.05) is 41.5 Å². The highest BCUT2D eigenvalue weighted by Crippen LogP contribution is 2.19. The predicted molar refractivity (Wildman–Crippen MR) is 90.5 cm³/mol. The molecule has 0 aromatic rings. The molecule has 0 saturated carbocycles. The first-order valence-corrected chi connectivity index (χ1v) is 9.46. The first-order chi connectivity index (χ1) is 9.58. The smallest absolute Gasteiger partial charge is 0.279 e. The molecule has 0 radical (unpaired) electrons. The third-order valence-electron chi connectivity index (χ3n) is 3.83. The minimum absolute atomic E-state index is 0.357. The molecule has 0 bridgehead atoms. The lowest BCUT2D eigenvalue weighted by molar-refractivity contribution is 0.286. The van der Waals surface area contributed by atoms with Crippen LogP contribution in [0, 0.1) is 17.8 Å². The molecule has 128 valence electrons. The maximum Gasteiger partial charge on any atom is 0.279 e. The van der Waals surface area contributed by atoms with Crippen LogP contribution in [0.3, 0.4) is 0 Å². The second kappa shape index (κ2) is 9.77. The van der Waals surface area contributed by atoms with Crippen molar-refractivity contribution >= 4 is 10.2 Å². The Hall–Kier alpha value is -0.170. The Bertz CT molecular complexity index is 359. The van der Waals surface area contributed by atoms with E-state index in [1.54, 1.807) is 7.05 Å². The highest BCUT2D eigenvalue weighted by molar-refractivity contribution is 7.87. The average molecular weight is 322 g/mol. The largest absolute Gasteiger partial charge is 0.314 e. The molecule has 0 fully saturated rings. The molecule has 0 saturated heterocycles. The molecule has 21 heavy (non-hydrogen) atoms. The highest BCUT2D eigenvalue weighted by Gasteiger charge is 2.22. The van der Waals surface area contributed by atoms with Crippen LogP contribution in [0.25, 0.3) is 0 Å². The normalized spacial score (nSPS) is 13.3. The van der Waals surface area contributed by atoms with Crippen LogP contribution < -0.4 is 10.0 Å². The minimum atomic E-state index is -3.37. The van der Waals surface area contributed by atoms with Gasteiger partial charge >= 0.3 is 0 Å². The molecule has 0 spiro atoms. The van der Waals surface area contributed by atoms with Crippen LogP contribution in [0.2, 0.25) is 0 Å². The summed E-state index contributed by atoms with van der Waals surface area (Å²) in [6.07, 6.45) is 0.813. The summed E-state index contributed by atoms with van der Waals surface area (Å²) < 4.78 is 28.6. The van der Waals surface area contributed by atoms with E-state index in [1.165, 1.54) is 4.31 Å². The van der Waals surface area contributed by atoms with Crippen molar-refractivity contribution in [3.05, 3.63) is 0 Å². The van der Waals surface area contributed by atoms with E-state index in [0.29, 0.717) is 36.9 Å². The molecule has 0 atom stereocenters. The van der Waals surface area contributed by atoms with Gasteiger partial charge in [0.1, 0.15) is 0 Å². The van der Waals surface area contributed by atoms with Gasteiger partial charge in [0.2, 0.25) is 0 Å². The summed E-state index contributed by atoms with van der Waals surface area (Å²) in [5.41, 5.74) is 0. The standard InChI is InChI=1S/C15H35N3O2S/c1-12(2)15(13(3)4)11-17-21(19,20)18(7)10-8-9-16-14(5)6/h12-17H,8-11H2,1-7H3. The maximum absolute atomic E-state index is 12.2. The molecule has 0 heterocycles. The van der Waals surface area contributed by atoms with Crippen LogP contribution in [0.15, 0.2) is 0 Å². The maximum atomic E-state index is 12.2. The quantitative estimate of drug-likeness (QED) is 0.573. The van der Waals surface area contributed by atoms with E-state index < -0.39 is 10.2 Å². The molecular formula is C15H35N3O2S. The number of nitrogens with zero attached hydrogens (tertiary/aromatic N) is 1. The van der Waals surface area contributed by atoms with Gasteiger partial charge in [0.15, 0.2) is 0 Å². The van der Waals surface area contributed by atoms with Gasteiger partial charge in [0.05, 0.1) is 0 Å². The van der Waals surface area contributed by atoms with Gasteiger partial charge < -0.3 is 5.32 Å². The van der Waals surface area contributed by atoms with Crippen molar-refractivity contribution in [2.75, 3.05) is 26.7 Å². The lowest BCUT2D eigenvalue weighted by atomic mass is 9.86. The zero-order chi connectivity index (χ0) is 16.6.